The largest absolute Gasteiger partial charge is 0.469 e. The van der Waals surface area contributed by atoms with Gasteiger partial charge in [-0.3, -0.25) is 14.4 Å². The van der Waals surface area contributed by atoms with Gasteiger partial charge in [-0.1, -0.05) is 48.5 Å². The SMILES string of the molecule is COC(=O)[C@H]1C[C@H]2CN(C(=O)Cc3ccccc3F)CC(=O)N2[C@H]1c1ccccc1. The number of ether oxygens (including phenoxy) is 1. The van der Waals surface area contributed by atoms with Crippen LogP contribution in [0.2, 0.25) is 0 Å². The third-order valence-electron chi connectivity index (χ3n) is 5.94. The number of methoxy groups -OCH3 is 1. The topological polar surface area (TPSA) is 66.9 Å². The minimum atomic E-state index is -0.493. The lowest BCUT2D eigenvalue weighted by Crippen LogP contribution is -2.56. The van der Waals surface area contributed by atoms with Crippen LogP contribution in [0.1, 0.15) is 23.6 Å². The van der Waals surface area contributed by atoms with E-state index in [0.29, 0.717) is 18.5 Å². The lowest BCUT2D eigenvalue weighted by molar-refractivity contribution is -0.150. The van der Waals surface area contributed by atoms with E-state index in [1.165, 1.54) is 18.1 Å². The molecule has 0 N–H and O–H groups in total. The molecule has 0 aliphatic carbocycles. The van der Waals surface area contributed by atoms with Crippen LogP contribution in [-0.4, -0.2) is 53.8 Å². The van der Waals surface area contributed by atoms with E-state index < -0.39 is 17.8 Å². The van der Waals surface area contributed by atoms with Crippen molar-refractivity contribution in [1.82, 2.24) is 9.80 Å². The Balaban J connectivity index is 1.56. The molecule has 2 aromatic rings. The van der Waals surface area contributed by atoms with Gasteiger partial charge < -0.3 is 14.5 Å². The van der Waals surface area contributed by atoms with Crippen LogP contribution in [0.15, 0.2) is 54.6 Å². The quantitative estimate of drug-likeness (QED) is 0.726. The van der Waals surface area contributed by atoms with E-state index in [9.17, 15) is 18.8 Å². The zero-order valence-electron chi connectivity index (χ0n) is 16.7. The van der Waals surface area contributed by atoms with Crippen molar-refractivity contribution in [3.05, 3.63) is 71.5 Å². The minimum absolute atomic E-state index is 0.0823. The molecule has 7 heteroatoms. The lowest BCUT2D eigenvalue weighted by atomic mass is 9.93. The standard InChI is InChI=1S/C23H23FN2O4/c1-30-23(29)18-12-17-13-25(20(27)11-16-9-5-6-10-19(16)24)14-21(28)26(17)22(18)15-7-3-2-4-8-15/h2-10,17-18,22H,11-14H2,1H3/t17-,18-,22-/m0/s1. The van der Waals surface area contributed by atoms with Gasteiger partial charge in [-0.15, -0.1) is 0 Å². The molecule has 0 bridgehead atoms. The average Bonchev–Trinajstić information content (AvgIpc) is 3.15. The monoisotopic (exact) mass is 410 g/mol. The van der Waals surface area contributed by atoms with Gasteiger partial charge >= 0.3 is 5.97 Å². The smallest absolute Gasteiger partial charge is 0.311 e. The molecule has 2 fully saturated rings. The summed E-state index contributed by atoms with van der Waals surface area (Å²) in [4.78, 5) is 41.5. The van der Waals surface area contributed by atoms with Crippen LogP contribution in [-0.2, 0) is 25.5 Å². The summed E-state index contributed by atoms with van der Waals surface area (Å²) in [5.41, 5.74) is 1.17. The molecule has 2 aromatic carbocycles. The second-order valence-corrected chi connectivity index (χ2v) is 7.72. The fourth-order valence-electron chi connectivity index (χ4n) is 4.57. The number of halogens is 1. The Morgan fingerprint density at radius 1 is 1.10 bits per heavy atom. The molecular weight excluding hydrogens is 387 g/mol. The zero-order chi connectivity index (χ0) is 21.3. The molecule has 2 heterocycles. The predicted octanol–water partition coefficient (Wildman–Crippen LogP) is 2.34. The summed E-state index contributed by atoms with van der Waals surface area (Å²) in [5.74, 6) is -1.81. The molecule has 6 nitrogen and oxygen atoms in total. The van der Waals surface area contributed by atoms with Crippen LogP contribution in [0.25, 0.3) is 0 Å². The second-order valence-electron chi connectivity index (χ2n) is 7.72. The van der Waals surface area contributed by atoms with Crippen molar-refractivity contribution in [3.63, 3.8) is 0 Å². The number of benzene rings is 2. The number of carbonyl (C=O) groups excluding carboxylic acids is 3. The van der Waals surface area contributed by atoms with Gasteiger partial charge in [-0.25, -0.2) is 4.39 Å². The van der Waals surface area contributed by atoms with Crippen LogP contribution in [0.3, 0.4) is 0 Å². The van der Waals surface area contributed by atoms with Crippen molar-refractivity contribution in [2.24, 2.45) is 5.92 Å². The highest BCUT2D eigenvalue weighted by atomic mass is 19.1. The van der Waals surface area contributed by atoms with Gasteiger partial charge in [-0.05, 0) is 23.6 Å². The molecule has 3 atom stereocenters. The summed E-state index contributed by atoms with van der Waals surface area (Å²) in [5, 5.41) is 0. The van der Waals surface area contributed by atoms with E-state index >= 15 is 0 Å². The Morgan fingerprint density at radius 3 is 2.50 bits per heavy atom. The molecule has 2 amide bonds. The van der Waals surface area contributed by atoms with Gasteiger partial charge in [0.15, 0.2) is 0 Å². The number of nitrogens with zero attached hydrogens (tertiary/aromatic N) is 2. The molecule has 0 saturated carbocycles. The van der Waals surface area contributed by atoms with Crippen molar-refractivity contribution in [2.75, 3.05) is 20.2 Å². The number of carbonyl (C=O) groups is 3. The Hall–Kier alpha value is -3.22. The number of fused-ring (bicyclic) bond motifs is 1. The number of hydrogen-bond acceptors (Lipinski definition) is 4. The Morgan fingerprint density at radius 2 is 1.80 bits per heavy atom. The maximum Gasteiger partial charge on any atom is 0.311 e. The first-order chi connectivity index (χ1) is 14.5. The molecule has 2 aliphatic rings. The van der Waals surface area contributed by atoms with Gasteiger partial charge in [0, 0.05) is 6.54 Å². The van der Waals surface area contributed by atoms with Crippen molar-refractivity contribution in [2.45, 2.75) is 24.9 Å². The van der Waals surface area contributed by atoms with Crippen molar-refractivity contribution in [3.8, 4) is 0 Å². The summed E-state index contributed by atoms with van der Waals surface area (Å²) < 4.78 is 18.9. The van der Waals surface area contributed by atoms with Gasteiger partial charge in [0.25, 0.3) is 0 Å². The number of amides is 2. The third-order valence-corrected chi connectivity index (χ3v) is 5.94. The molecule has 30 heavy (non-hydrogen) atoms. The van der Waals surface area contributed by atoms with Crippen LogP contribution < -0.4 is 0 Å². The Labute approximate surface area is 174 Å². The van der Waals surface area contributed by atoms with Crippen molar-refractivity contribution in [1.29, 1.82) is 0 Å². The fraction of sp³-hybridized carbons (Fsp3) is 0.348. The third kappa shape index (κ3) is 3.67. The van der Waals surface area contributed by atoms with Gasteiger partial charge in [0.05, 0.1) is 38.1 Å². The molecular formula is C23H23FN2O4. The first kappa shape index (κ1) is 20.1. The van der Waals surface area contributed by atoms with E-state index in [1.54, 1.807) is 23.1 Å². The Bertz CT molecular complexity index is 965. The molecule has 0 spiro atoms. The molecule has 156 valence electrons. The number of rotatable bonds is 4. The molecule has 2 aliphatic heterocycles. The highest BCUT2D eigenvalue weighted by Crippen LogP contribution is 2.43. The van der Waals surface area contributed by atoms with Gasteiger partial charge in [0.2, 0.25) is 11.8 Å². The van der Waals surface area contributed by atoms with E-state index in [-0.39, 0.29) is 36.8 Å². The van der Waals surface area contributed by atoms with Crippen LogP contribution in [0.4, 0.5) is 4.39 Å². The maximum absolute atomic E-state index is 13.9. The summed E-state index contributed by atoms with van der Waals surface area (Å²) >= 11 is 0. The molecule has 0 unspecified atom stereocenters. The number of hydrogen-bond donors (Lipinski definition) is 0. The molecule has 0 aromatic heterocycles. The maximum atomic E-state index is 13.9. The highest BCUT2D eigenvalue weighted by Gasteiger charge is 2.51. The van der Waals surface area contributed by atoms with Crippen LogP contribution in [0.5, 0.6) is 0 Å². The summed E-state index contributed by atoms with van der Waals surface area (Å²) in [6, 6.07) is 14.8. The average molecular weight is 410 g/mol. The number of esters is 1. The van der Waals surface area contributed by atoms with E-state index in [4.69, 9.17) is 4.74 Å². The predicted molar refractivity (Wildman–Crippen MR) is 107 cm³/mol. The van der Waals surface area contributed by atoms with Crippen LogP contribution >= 0.6 is 0 Å². The van der Waals surface area contributed by atoms with Gasteiger partial charge in [-0.2, -0.15) is 0 Å². The molecule has 2 saturated heterocycles. The van der Waals surface area contributed by atoms with E-state index in [1.807, 2.05) is 30.3 Å². The zero-order valence-corrected chi connectivity index (χ0v) is 16.7. The highest BCUT2D eigenvalue weighted by molar-refractivity contribution is 5.89. The lowest BCUT2D eigenvalue weighted by Gasteiger charge is -2.40. The second kappa shape index (κ2) is 8.26. The summed E-state index contributed by atoms with van der Waals surface area (Å²) in [6.45, 7) is 0.233. The summed E-state index contributed by atoms with van der Waals surface area (Å²) in [6.07, 6.45) is 0.316. The molecule has 4 rings (SSSR count). The normalized spacial score (nSPS) is 23.3. The molecule has 0 radical (unpaired) electrons. The first-order valence-electron chi connectivity index (χ1n) is 9.94. The number of piperazine rings is 1. The van der Waals surface area contributed by atoms with E-state index in [0.717, 1.165) is 5.56 Å². The van der Waals surface area contributed by atoms with Crippen molar-refractivity contribution < 1.29 is 23.5 Å². The van der Waals surface area contributed by atoms with Crippen molar-refractivity contribution >= 4 is 17.8 Å². The van der Waals surface area contributed by atoms with E-state index in [2.05, 4.69) is 0 Å². The fourth-order valence-corrected chi connectivity index (χ4v) is 4.57. The first-order valence-corrected chi connectivity index (χ1v) is 9.94. The Kier molecular flexibility index (Phi) is 5.53. The van der Waals surface area contributed by atoms with Crippen LogP contribution in [0, 0.1) is 11.7 Å². The summed E-state index contributed by atoms with van der Waals surface area (Å²) in [7, 11) is 1.34. The minimum Gasteiger partial charge on any atom is -0.469 e. The van der Waals surface area contributed by atoms with Gasteiger partial charge in [0.1, 0.15) is 5.82 Å².